The molecule has 1 aliphatic rings. The van der Waals surface area contributed by atoms with Gasteiger partial charge in [0.25, 0.3) is 0 Å². The fraction of sp³-hybridized carbons (Fsp3) is 0.750. The van der Waals surface area contributed by atoms with Crippen molar-refractivity contribution in [3.05, 3.63) is 12.2 Å². The molecule has 0 N–H and O–H groups in total. The first-order chi connectivity index (χ1) is 5.76. The van der Waals surface area contributed by atoms with Gasteiger partial charge in [0.1, 0.15) is 12.2 Å². The first-order valence-corrected chi connectivity index (χ1v) is 4.75. The SMILES string of the molecule is CC1(n2cnnc2CCl)CCC1. The molecule has 0 aromatic carbocycles. The number of hydrogen-bond acceptors (Lipinski definition) is 2. The van der Waals surface area contributed by atoms with E-state index in [0.29, 0.717) is 5.88 Å². The first kappa shape index (κ1) is 8.05. The van der Waals surface area contributed by atoms with Crippen LogP contribution in [0.2, 0.25) is 0 Å². The first-order valence-electron chi connectivity index (χ1n) is 4.22. The van der Waals surface area contributed by atoms with Gasteiger partial charge in [0, 0.05) is 5.54 Å². The molecule has 1 heterocycles. The summed E-state index contributed by atoms with van der Waals surface area (Å²) in [6.07, 6.45) is 5.52. The van der Waals surface area contributed by atoms with Gasteiger partial charge in [-0.3, -0.25) is 0 Å². The molecule has 0 aliphatic heterocycles. The summed E-state index contributed by atoms with van der Waals surface area (Å²) in [4.78, 5) is 0. The van der Waals surface area contributed by atoms with E-state index < -0.39 is 0 Å². The second kappa shape index (κ2) is 2.73. The molecule has 4 heteroatoms. The Morgan fingerprint density at radius 3 is 2.92 bits per heavy atom. The quantitative estimate of drug-likeness (QED) is 0.660. The van der Waals surface area contributed by atoms with E-state index in [0.717, 1.165) is 5.82 Å². The molecule has 3 nitrogen and oxygen atoms in total. The van der Waals surface area contributed by atoms with E-state index in [1.54, 1.807) is 6.33 Å². The summed E-state index contributed by atoms with van der Waals surface area (Å²) in [5, 5.41) is 7.83. The minimum Gasteiger partial charge on any atom is -0.311 e. The Labute approximate surface area is 76.7 Å². The van der Waals surface area contributed by atoms with Gasteiger partial charge in [0.05, 0.1) is 5.88 Å². The zero-order chi connectivity index (χ0) is 8.60. The average Bonchev–Trinajstić information content (AvgIpc) is 2.47. The van der Waals surface area contributed by atoms with E-state index in [-0.39, 0.29) is 5.54 Å². The number of rotatable bonds is 2. The van der Waals surface area contributed by atoms with Gasteiger partial charge < -0.3 is 4.57 Å². The minimum absolute atomic E-state index is 0.244. The van der Waals surface area contributed by atoms with Crippen molar-refractivity contribution >= 4 is 11.6 Å². The molecule has 0 bridgehead atoms. The van der Waals surface area contributed by atoms with E-state index in [2.05, 4.69) is 21.7 Å². The van der Waals surface area contributed by atoms with E-state index in [1.165, 1.54) is 19.3 Å². The maximum atomic E-state index is 5.74. The number of nitrogens with zero attached hydrogens (tertiary/aromatic N) is 3. The van der Waals surface area contributed by atoms with Crippen molar-refractivity contribution < 1.29 is 0 Å². The highest BCUT2D eigenvalue weighted by Crippen LogP contribution is 2.39. The number of alkyl halides is 1. The van der Waals surface area contributed by atoms with Crippen LogP contribution in [0.3, 0.4) is 0 Å². The fourth-order valence-electron chi connectivity index (χ4n) is 1.73. The lowest BCUT2D eigenvalue weighted by Gasteiger charge is -2.40. The number of hydrogen-bond donors (Lipinski definition) is 0. The number of halogens is 1. The maximum Gasteiger partial charge on any atom is 0.148 e. The highest BCUT2D eigenvalue weighted by atomic mass is 35.5. The van der Waals surface area contributed by atoms with Crippen LogP contribution < -0.4 is 0 Å². The Hall–Kier alpha value is -0.570. The summed E-state index contributed by atoms with van der Waals surface area (Å²) in [5.74, 6) is 1.34. The predicted octanol–water partition coefficient (Wildman–Crippen LogP) is 1.92. The molecule has 12 heavy (non-hydrogen) atoms. The third kappa shape index (κ3) is 1.04. The van der Waals surface area contributed by atoms with Crippen molar-refractivity contribution in [1.82, 2.24) is 14.8 Å². The molecule has 0 amide bonds. The lowest BCUT2D eigenvalue weighted by atomic mass is 9.78. The van der Waals surface area contributed by atoms with Crippen LogP contribution in [0.15, 0.2) is 6.33 Å². The Morgan fingerprint density at radius 2 is 2.42 bits per heavy atom. The Morgan fingerprint density at radius 1 is 1.67 bits per heavy atom. The highest BCUT2D eigenvalue weighted by molar-refractivity contribution is 6.16. The van der Waals surface area contributed by atoms with Crippen LogP contribution in [0.1, 0.15) is 32.0 Å². The van der Waals surface area contributed by atoms with Gasteiger partial charge in [0.2, 0.25) is 0 Å². The molecule has 1 fully saturated rings. The Balaban J connectivity index is 2.31. The second-order valence-corrected chi connectivity index (χ2v) is 3.87. The van der Waals surface area contributed by atoms with Crippen LogP contribution in [-0.2, 0) is 11.4 Å². The minimum atomic E-state index is 0.244. The molecular formula is C8H12ClN3. The summed E-state index contributed by atoms with van der Waals surface area (Å²) in [7, 11) is 0. The van der Waals surface area contributed by atoms with Crippen LogP contribution >= 0.6 is 11.6 Å². The molecule has 0 saturated heterocycles. The maximum absolute atomic E-state index is 5.74. The molecule has 1 aliphatic carbocycles. The largest absolute Gasteiger partial charge is 0.311 e. The monoisotopic (exact) mass is 185 g/mol. The van der Waals surface area contributed by atoms with Crippen molar-refractivity contribution in [1.29, 1.82) is 0 Å². The van der Waals surface area contributed by atoms with Crippen LogP contribution in [0.25, 0.3) is 0 Å². The molecule has 0 spiro atoms. The molecule has 66 valence electrons. The van der Waals surface area contributed by atoms with E-state index in [4.69, 9.17) is 11.6 Å². The summed E-state index contributed by atoms with van der Waals surface area (Å²) < 4.78 is 2.11. The molecule has 0 unspecified atom stereocenters. The molecule has 2 rings (SSSR count). The molecule has 1 aromatic rings. The predicted molar refractivity (Wildman–Crippen MR) is 47.1 cm³/mol. The summed E-state index contributed by atoms with van der Waals surface area (Å²) in [6, 6.07) is 0. The Kier molecular flexibility index (Phi) is 1.83. The smallest absolute Gasteiger partial charge is 0.148 e. The van der Waals surface area contributed by atoms with Crippen molar-refractivity contribution in [3.63, 3.8) is 0 Å². The van der Waals surface area contributed by atoms with Crippen LogP contribution in [-0.4, -0.2) is 14.8 Å². The summed E-state index contributed by atoms with van der Waals surface area (Å²) in [6.45, 7) is 2.23. The molecule has 0 atom stereocenters. The summed E-state index contributed by atoms with van der Waals surface area (Å²) in [5.41, 5.74) is 0.244. The van der Waals surface area contributed by atoms with Gasteiger partial charge in [-0.1, -0.05) is 0 Å². The van der Waals surface area contributed by atoms with Crippen molar-refractivity contribution in [2.45, 2.75) is 37.6 Å². The molecule has 1 aromatic heterocycles. The van der Waals surface area contributed by atoms with Crippen molar-refractivity contribution in [2.24, 2.45) is 0 Å². The summed E-state index contributed by atoms with van der Waals surface area (Å²) >= 11 is 5.74. The highest BCUT2D eigenvalue weighted by Gasteiger charge is 2.35. The molecule has 1 saturated carbocycles. The van der Waals surface area contributed by atoms with Crippen LogP contribution in [0, 0.1) is 0 Å². The number of aromatic nitrogens is 3. The standard InChI is InChI=1S/C8H12ClN3/c1-8(3-2-4-8)12-6-10-11-7(12)5-9/h6H,2-5H2,1H3. The van der Waals surface area contributed by atoms with E-state index in [1.807, 2.05) is 0 Å². The normalized spacial score (nSPS) is 20.5. The van der Waals surface area contributed by atoms with Gasteiger partial charge in [-0.2, -0.15) is 0 Å². The zero-order valence-electron chi connectivity index (χ0n) is 7.13. The fourth-order valence-corrected chi connectivity index (χ4v) is 1.91. The zero-order valence-corrected chi connectivity index (χ0v) is 7.88. The van der Waals surface area contributed by atoms with Crippen molar-refractivity contribution in [3.8, 4) is 0 Å². The molecule has 0 radical (unpaired) electrons. The average molecular weight is 186 g/mol. The van der Waals surface area contributed by atoms with Gasteiger partial charge in [-0.05, 0) is 26.2 Å². The Bertz CT molecular complexity index is 278. The topological polar surface area (TPSA) is 30.7 Å². The van der Waals surface area contributed by atoms with Crippen LogP contribution in [0.5, 0.6) is 0 Å². The lowest BCUT2D eigenvalue weighted by molar-refractivity contribution is 0.164. The van der Waals surface area contributed by atoms with Gasteiger partial charge in [-0.15, -0.1) is 21.8 Å². The third-order valence-corrected chi connectivity index (χ3v) is 2.99. The van der Waals surface area contributed by atoms with Gasteiger partial charge in [0.15, 0.2) is 0 Å². The third-order valence-electron chi connectivity index (χ3n) is 2.75. The van der Waals surface area contributed by atoms with Crippen molar-refractivity contribution in [2.75, 3.05) is 0 Å². The molecular weight excluding hydrogens is 174 g/mol. The van der Waals surface area contributed by atoms with Crippen LogP contribution in [0.4, 0.5) is 0 Å². The van der Waals surface area contributed by atoms with E-state index in [9.17, 15) is 0 Å². The van der Waals surface area contributed by atoms with Gasteiger partial charge >= 0.3 is 0 Å². The van der Waals surface area contributed by atoms with Gasteiger partial charge in [-0.25, -0.2) is 0 Å². The van der Waals surface area contributed by atoms with E-state index >= 15 is 0 Å². The second-order valence-electron chi connectivity index (χ2n) is 3.60. The lowest BCUT2D eigenvalue weighted by Crippen LogP contribution is -2.37.